The predicted molar refractivity (Wildman–Crippen MR) is 98.5 cm³/mol. The number of aryl methyl sites for hydroxylation is 1. The maximum atomic E-state index is 12.4. The minimum absolute atomic E-state index is 0.0457. The lowest BCUT2D eigenvalue weighted by Crippen LogP contribution is -2.52. The van der Waals surface area contributed by atoms with E-state index in [1.807, 2.05) is 11.5 Å². The van der Waals surface area contributed by atoms with Gasteiger partial charge in [0.15, 0.2) is 0 Å². The van der Waals surface area contributed by atoms with Crippen molar-refractivity contribution < 1.29 is 24.3 Å². The third-order valence-electron chi connectivity index (χ3n) is 4.75. The molecule has 144 valence electrons. The number of benzene rings is 1. The van der Waals surface area contributed by atoms with E-state index < -0.39 is 23.8 Å². The first-order valence-corrected chi connectivity index (χ1v) is 8.46. The van der Waals surface area contributed by atoms with E-state index in [1.54, 1.807) is 25.1 Å². The van der Waals surface area contributed by atoms with Gasteiger partial charge in [-0.25, -0.2) is 4.79 Å². The molecule has 8 nitrogen and oxygen atoms in total. The fourth-order valence-electron chi connectivity index (χ4n) is 3.23. The van der Waals surface area contributed by atoms with Crippen molar-refractivity contribution in [2.75, 3.05) is 14.1 Å². The van der Waals surface area contributed by atoms with Crippen molar-refractivity contribution in [2.24, 2.45) is 0 Å². The van der Waals surface area contributed by atoms with Gasteiger partial charge in [-0.3, -0.25) is 19.4 Å². The molecule has 0 unspecified atom stereocenters. The Labute approximate surface area is 161 Å². The summed E-state index contributed by atoms with van der Waals surface area (Å²) >= 11 is 0. The second kappa shape index (κ2) is 6.80. The lowest BCUT2D eigenvalue weighted by Gasteiger charge is -2.28. The topological polar surface area (TPSA) is 103 Å². The molecule has 28 heavy (non-hydrogen) atoms. The third-order valence-corrected chi connectivity index (χ3v) is 4.75. The quantitative estimate of drug-likeness (QED) is 0.581. The molecule has 1 fully saturated rings. The number of urea groups is 1. The van der Waals surface area contributed by atoms with Crippen LogP contribution in [0.4, 0.5) is 4.79 Å². The fourth-order valence-corrected chi connectivity index (χ4v) is 3.23. The number of amides is 4. The van der Waals surface area contributed by atoms with Crippen LogP contribution < -0.4 is 5.11 Å². The van der Waals surface area contributed by atoms with Gasteiger partial charge in [0.2, 0.25) is 0 Å². The largest absolute Gasteiger partial charge is 0.545 e. The van der Waals surface area contributed by atoms with Crippen molar-refractivity contribution in [2.45, 2.75) is 13.8 Å². The van der Waals surface area contributed by atoms with Crippen LogP contribution in [0.3, 0.4) is 0 Å². The van der Waals surface area contributed by atoms with Gasteiger partial charge in [0.05, 0.1) is 5.97 Å². The number of barbiturate groups is 1. The number of nitrogens with zero attached hydrogens (tertiary/aromatic N) is 3. The number of likely N-dealkylation sites (N-methyl/N-ethyl adjacent to an activating group) is 2. The maximum Gasteiger partial charge on any atom is 0.333 e. The highest BCUT2D eigenvalue weighted by Crippen LogP contribution is 2.25. The molecule has 8 heteroatoms. The normalized spacial score (nSPS) is 14.7. The first kappa shape index (κ1) is 19.1. The molecule has 0 radical (unpaired) electrons. The Balaban J connectivity index is 2.10. The summed E-state index contributed by atoms with van der Waals surface area (Å²) in [6.07, 6.45) is 1.45. The van der Waals surface area contributed by atoms with Crippen LogP contribution in [0.2, 0.25) is 0 Å². The van der Waals surface area contributed by atoms with E-state index >= 15 is 0 Å². The highest BCUT2D eigenvalue weighted by Gasteiger charge is 2.38. The number of rotatable bonds is 3. The average molecular weight is 380 g/mol. The van der Waals surface area contributed by atoms with Gasteiger partial charge in [-0.2, -0.15) is 0 Å². The number of aromatic nitrogens is 1. The summed E-state index contributed by atoms with van der Waals surface area (Å²) in [6, 6.07) is 7.39. The van der Waals surface area contributed by atoms with Crippen molar-refractivity contribution in [3.8, 4) is 5.69 Å². The average Bonchev–Trinajstić information content (AvgIpc) is 2.95. The zero-order chi connectivity index (χ0) is 20.7. The number of hydrogen-bond donors (Lipinski definition) is 0. The van der Waals surface area contributed by atoms with Crippen molar-refractivity contribution in [1.29, 1.82) is 0 Å². The Bertz CT molecular complexity index is 1040. The molecule has 0 N–H and O–H groups in total. The van der Waals surface area contributed by atoms with Gasteiger partial charge in [0.1, 0.15) is 5.57 Å². The van der Waals surface area contributed by atoms with Crippen molar-refractivity contribution in [3.05, 3.63) is 58.4 Å². The van der Waals surface area contributed by atoms with E-state index in [0.717, 1.165) is 15.5 Å². The summed E-state index contributed by atoms with van der Waals surface area (Å²) < 4.78 is 1.81. The van der Waals surface area contributed by atoms with Crippen LogP contribution in [0.25, 0.3) is 11.8 Å². The second-order valence-corrected chi connectivity index (χ2v) is 6.57. The summed E-state index contributed by atoms with van der Waals surface area (Å²) in [7, 11) is 2.63. The summed E-state index contributed by atoms with van der Waals surface area (Å²) in [5, 5.41) is 11.1. The number of imide groups is 2. The first-order chi connectivity index (χ1) is 13.1. The van der Waals surface area contributed by atoms with Gasteiger partial charge in [0.25, 0.3) is 11.8 Å². The van der Waals surface area contributed by atoms with E-state index in [-0.39, 0.29) is 11.1 Å². The summed E-state index contributed by atoms with van der Waals surface area (Å²) in [5.41, 5.74) is 2.66. The lowest BCUT2D eigenvalue weighted by molar-refractivity contribution is -0.255. The maximum absolute atomic E-state index is 12.4. The Morgan fingerprint density at radius 2 is 1.61 bits per heavy atom. The molecule has 0 saturated carbocycles. The number of aromatic carboxylic acids is 1. The van der Waals surface area contributed by atoms with Crippen LogP contribution in [0, 0.1) is 13.8 Å². The lowest BCUT2D eigenvalue weighted by atomic mass is 10.1. The molecule has 3 rings (SSSR count). The van der Waals surface area contributed by atoms with Crippen LogP contribution in [-0.4, -0.2) is 52.3 Å². The van der Waals surface area contributed by atoms with Gasteiger partial charge in [-0.1, -0.05) is 12.1 Å². The van der Waals surface area contributed by atoms with E-state index in [4.69, 9.17) is 0 Å². The Hall–Kier alpha value is -3.68. The van der Waals surface area contributed by atoms with Gasteiger partial charge in [0, 0.05) is 31.2 Å². The molecule has 1 aromatic carbocycles. The fraction of sp³-hybridized carbons (Fsp3) is 0.200. The van der Waals surface area contributed by atoms with E-state index in [9.17, 15) is 24.3 Å². The van der Waals surface area contributed by atoms with E-state index in [1.165, 1.54) is 32.3 Å². The zero-order valence-corrected chi connectivity index (χ0v) is 15.8. The van der Waals surface area contributed by atoms with Crippen molar-refractivity contribution in [1.82, 2.24) is 14.4 Å². The monoisotopic (exact) mass is 380 g/mol. The molecule has 1 saturated heterocycles. The molecular weight excluding hydrogens is 362 g/mol. The smallest absolute Gasteiger partial charge is 0.333 e. The molecule has 4 amide bonds. The highest BCUT2D eigenvalue weighted by atomic mass is 16.4. The van der Waals surface area contributed by atoms with Crippen LogP contribution in [0.5, 0.6) is 0 Å². The number of carbonyl (C=O) groups is 4. The summed E-state index contributed by atoms with van der Waals surface area (Å²) in [6.45, 7) is 3.62. The minimum atomic E-state index is -1.28. The summed E-state index contributed by atoms with van der Waals surface area (Å²) in [5.74, 6) is -2.62. The van der Waals surface area contributed by atoms with E-state index in [2.05, 4.69) is 0 Å². The minimum Gasteiger partial charge on any atom is -0.545 e. The molecule has 2 aromatic rings. The SMILES string of the molecule is Cc1cc(C=C2C(=O)N(C)C(=O)N(C)C2=O)c(C)n1-c1cccc(C(=O)[O-])c1. The number of carbonyl (C=O) groups excluding carboxylic acids is 4. The molecule has 1 aliphatic heterocycles. The number of carboxylic acid groups (broad SMARTS) is 1. The van der Waals surface area contributed by atoms with Crippen LogP contribution in [0.1, 0.15) is 27.3 Å². The second-order valence-electron chi connectivity index (χ2n) is 6.57. The highest BCUT2D eigenvalue weighted by molar-refractivity contribution is 6.30. The zero-order valence-electron chi connectivity index (χ0n) is 15.8. The van der Waals surface area contributed by atoms with Crippen LogP contribution in [0.15, 0.2) is 35.9 Å². The van der Waals surface area contributed by atoms with E-state index in [0.29, 0.717) is 16.9 Å². The third kappa shape index (κ3) is 2.98. The van der Waals surface area contributed by atoms with Crippen molar-refractivity contribution >= 4 is 29.9 Å². The first-order valence-electron chi connectivity index (χ1n) is 8.46. The molecule has 2 heterocycles. The molecule has 0 atom stereocenters. The number of hydrogen-bond acceptors (Lipinski definition) is 5. The Kier molecular flexibility index (Phi) is 4.64. The summed E-state index contributed by atoms with van der Waals surface area (Å²) in [4.78, 5) is 49.6. The van der Waals surface area contributed by atoms with Crippen LogP contribution in [-0.2, 0) is 9.59 Å². The predicted octanol–water partition coefficient (Wildman–Crippen LogP) is 0.891. The number of carboxylic acids is 1. The van der Waals surface area contributed by atoms with Gasteiger partial charge >= 0.3 is 6.03 Å². The Morgan fingerprint density at radius 1 is 1.00 bits per heavy atom. The molecule has 0 spiro atoms. The van der Waals surface area contributed by atoms with Crippen molar-refractivity contribution in [3.63, 3.8) is 0 Å². The van der Waals surface area contributed by atoms with Crippen LogP contribution >= 0.6 is 0 Å². The standard InChI is InChI=1S/C20H19N3O5/c1-11-8-14(10-16-17(24)21(3)20(28)22(4)18(16)25)12(2)23(11)15-7-5-6-13(9-15)19(26)27/h5-10H,1-4H3,(H,26,27)/p-1. The molecule has 1 aliphatic rings. The van der Waals surface area contributed by atoms with Gasteiger partial charge in [-0.05, 0) is 49.2 Å². The van der Waals surface area contributed by atoms with Gasteiger partial charge in [-0.15, -0.1) is 0 Å². The Morgan fingerprint density at radius 3 is 2.18 bits per heavy atom. The van der Waals surface area contributed by atoms with Gasteiger partial charge < -0.3 is 14.5 Å². The molecular formula is C20H18N3O5-. The molecule has 1 aromatic heterocycles. The molecule has 0 bridgehead atoms. The molecule has 0 aliphatic carbocycles.